The first-order valence-electron chi connectivity index (χ1n) is 6.71. The minimum atomic E-state index is -0.489. The molecule has 1 unspecified atom stereocenters. The largest absolute Gasteiger partial charge is 0.389 e. The van der Waals surface area contributed by atoms with Crippen molar-refractivity contribution in [1.29, 1.82) is 0 Å². The van der Waals surface area contributed by atoms with Crippen LogP contribution in [0.4, 0.5) is 0 Å². The molecule has 0 aliphatic heterocycles. The van der Waals surface area contributed by atoms with Crippen LogP contribution in [0.25, 0.3) is 0 Å². The smallest absolute Gasteiger partial charge is 0.0771 e. The molecule has 5 heteroatoms. The van der Waals surface area contributed by atoms with Crippen molar-refractivity contribution in [2.24, 2.45) is 0 Å². The number of hydrogen-bond acceptors (Lipinski definition) is 3. The summed E-state index contributed by atoms with van der Waals surface area (Å²) in [7, 11) is 0. The van der Waals surface area contributed by atoms with E-state index in [9.17, 15) is 5.11 Å². The summed E-state index contributed by atoms with van der Waals surface area (Å²) in [4.78, 5) is 0. The van der Waals surface area contributed by atoms with Crippen LogP contribution in [-0.4, -0.2) is 33.1 Å². The maximum Gasteiger partial charge on any atom is 0.0771 e. The monoisotopic (exact) mass is 315 g/mol. The van der Waals surface area contributed by atoms with Gasteiger partial charge in [0.05, 0.1) is 22.8 Å². The van der Waals surface area contributed by atoms with Crippen LogP contribution < -0.4 is 5.32 Å². The first kappa shape index (κ1) is 14.0. The van der Waals surface area contributed by atoms with Crippen molar-refractivity contribution in [2.75, 3.05) is 6.54 Å². The molecule has 0 bridgehead atoms. The Kier molecular flexibility index (Phi) is 4.81. The molecular weight excluding hydrogens is 294 g/mol. The van der Waals surface area contributed by atoms with Gasteiger partial charge in [-0.1, -0.05) is 19.3 Å². The number of rotatable bonds is 5. The van der Waals surface area contributed by atoms with Crippen molar-refractivity contribution in [3.05, 3.63) is 16.9 Å². The first-order valence-corrected chi connectivity index (χ1v) is 7.50. The summed E-state index contributed by atoms with van der Waals surface area (Å²) in [5.41, 5.74) is -0.489. The lowest BCUT2D eigenvalue weighted by Gasteiger charge is -2.33. The van der Waals surface area contributed by atoms with Gasteiger partial charge >= 0.3 is 0 Å². The fraction of sp³-hybridized carbons (Fsp3) is 0.769. The highest BCUT2D eigenvalue weighted by Crippen LogP contribution is 2.27. The maximum absolute atomic E-state index is 10.4. The van der Waals surface area contributed by atoms with E-state index in [1.807, 2.05) is 10.9 Å². The molecule has 1 aromatic heterocycles. The Hall–Kier alpha value is -0.390. The van der Waals surface area contributed by atoms with E-state index in [0.29, 0.717) is 12.6 Å². The normalized spacial score (nSPS) is 20.8. The number of halogens is 1. The lowest BCUT2D eigenvalue weighted by molar-refractivity contribution is 0.00259. The molecule has 0 saturated heterocycles. The van der Waals surface area contributed by atoms with Crippen LogP contribution in [0, 0.1) is 0 Å². The van der Waals surface area contributed by atoms with Crippen molar-refractivity contribution >= 4 is 15.9 Å². The third-order valence-corrected chi connectivity index (χ3v) is 4.04. The molecule has 0 spiro atoms. The van der Waals surface area contributed by atoms with Crippen molar-refractivity contribution < 1.29 is 5.11 Å². The first-order chi connectivity index (χ1) is 8.57. The molecule has 1 atom stereocenters. The molecule has 4 nitrogen and oxygen atoms in total. The Labute approximate surface area is 117 Å². The lowest BCUT2D eigenvalue weighted by atomic mass is 9.85. The van der Waals surface area contributed by atoms with E-state index in [1.165, 1.54) is 6.42 Å². The van der Waals surface area contributed by atoms with E-state index in [1.54, 1.807) is 6.20 Å². The molecular formula is C13H22BrN3O. The van der Waals surface area contributed by atoms with E-state index in [4.69, 9.17) is 0 Å². The van der Waals surface area contributed by atoms with Gasteiger partial charge in [-0.2, -0.15) is 5.10 Å². The molecule has 0 aromatic carbocycles. The molecule has 1 fully saturated rings. The predicted molar refractivity (Wildman–Crippen MR) is 75.4 cm³/mol. The summed E-state index contributed by atoms with van der Waals surface area (Å²) in [5, 5.41) is 18.1. The molecule has 1 aromatic rings. The van der Waals surface area contributed by atoms with Gasteiger partial charge in [0, 0.05) is 18.8 Å². The SMILES string of the molecule is CC(Cn1cc(Br)cn1)NCC1(O)CCCCC1. The Morgan fingerprint density at radius 1 is 1.50 bits per heavy atom. The standard InChI is InChI=1S/C13H22BrN3O/c1-11(8-17-9-12(14)7-16-17)15-10-13(18)5-3-2-4-6-13/h7,9,11,15,18H,2-6,8,10H2,1H3. The molecule has 2 rings (SSSR count). The molecule has 1 saturated carbocycles. The summed E-state index contributed by atoms with van der Waals surface area (Å²) in [6.07, 6.45) is 9.19. The molecule has 102 valence electrons. The molecule has 0 amide bonds. The van der Waals surface area contributed by atoms with E-state index in [0.717, 1.165) is 36.7 Å². The van der Waals surface area contributed by atoms with Crippen LogP contribution in [0.1, 0.15) is 39.0 Å². The van der Waals surface area contributed by atoms with Crippen LogP contribution in [0.15, 0.2) is 16.9 Å². The summed E-state index contributed by atoms with van der Waals surface area (Å²) >= 11 is 3.39. The molecule has 2 N–H and O–H groups in total. The van der Waals surface area contributed by atoms with E-state index in [-0.39, 0.29) is 0 Å². The third kappa shape index (κ3) is 4.07. The second kappa shape index (κ2) is 6.17. The predicted octanol–water partition coefficient (Wildman–Crippen LogP) is 2.32. The number of aromatic nitrogens is 2. The quantitative estimate of drug-likeness (QED) is 0.876. The van der Waals surface area contributed by atoms with Gasteiger partial charge in [0.2, 0.25) is 0 Å². The molecule has 1 heterocycles. The van der Waals surface area contributed by atoms with Gasteiger partial charge in [-0.3, -0.25) is 4.68 Å². The van der Waals surface area contributed by atoms with Gasteiger partial charge in [-0.15, -0.1) is 0 Å². The van der Waals surface area contributed by atoms with Gasteiger partial charge < -0.3 is 10.4 Å². The summed E-state index contributed by atoms with van der Waals surface area (Å²) < 4.78 is 2.91. The maximum atomic E-state index is 10.4. The van der Waals surface area contributed by atoms with Gasteiger partial charge in [-0.05, 0) is 35.7 Å². The van der Waals surface area contributed by atoms with E-state index < -0.39 is 5.60 Å². The minimum Gasteiger partial charge on any atom is -0.389 e. The van der Waals surface area contributed by atoms with Gasteiger partial charge in [0.1, 0.15) is 0 Å². The van der Waals surface area contributed by atoms with Gasteiger partial charge in [0.15, 0.2) is 0 Å². The van der Waals surface area contributed by atoms with Crippen LogP contribution >= 0.6 is 15.9 Å². The van der Waals surface area contributed by atoms with E-state index >= 15 is 0 Å². The topological polar surface area (TPSA) is 50.1 Å². The Bertz CT molecular complexity index is 374. The zero-order chi connectivity index (χ0) is 13.0. The van der Waals surface area contributed by atoms with Crippen molar-refractivity contribution in [2.45, 2.75) is 57.2 Å². The Morgan fingerprint density at radius 2 is 2.22 bits per heavy atom. The molecule has 18 heavy (non-hydrogen) atoms. The highest BCUT2D eigenvalue weighted by atomic mass is 79.9. The second-order valence-corrected chi connectivity index (χ2v) is 6.36. The fourth-order valence-corrected chi connectivity index (χ4v) is 2.86. The molecule has 1 aliphatic carbocycles. The van der Waals surface area contributed by atoms with Crippen LogP contribution in [-0.2, 0) is 6.54 Å². The Balaban J connectivity index is 1.75. The minimum absolute atomic E-state index is 0.308. The second-order valence-electron chi connectivity index (χ2n) is 5.45. The number of aliphatic hydroxyl groups is 1. The lowest BCUT2D eigenvalue weighted by Crippen LogP contribution is -2.46. The average molecular weight is 316 g/mol. The van der Waals surface area contributed by atoms with Gasteiger partial charge in [-0.25, -0.2) is 0 Å². The van der Waals surface area contributed by atoms with Crippen molar-refractivity contribution in [1.82, 2.24) is 15.1 Å². The van der Waals surface area contributed by atoms with E-state index in [2.05, 4.69) is 33.3 Å². The van der Waals surface area contributed by atoms with Crippen LogP contribution in [0.3, 0.4) is 0 Å². The van der Waals surface area contributed by atoms with Crippen LogP contribution in [0.2, 0.25) is 0 Å². The fourth-order valence-electron chi connectivity index (χ4n) is 2.53. The third-order valence-electron chi connectivity index (χ3n) is 3.63. The number of nitrogens with zero attached hydrogens (tertiary/aromatic N) is 2. The zero-order valence-corrected chi connectivity index (χ0v) is 12.5. The average Bonchev–Trinajstić information content (AvgIpc) is 2.73. The highest BCUT2D eigenvalue weighted by molar-refractivity contribution is 9.10. The Morgan fingerprint density at radius 3 is 2.83 bits per heavy atom. The summed E-state index contributed by atoms with van der Waals surface area (Å²) in [6, 6.07) is 0.308. The van der Waals surface area contributed by atoms with Crippen molar-refractivity contribution in [3.63, 3.8) is 0 Å². The number of hydrogen-bond donors (Lipinski definition) is 2. The zero-order valence-electron chi connectivity index (χ0n) is 10.9. The number of nitrogens with one attached hydrogen (secondary N) is 1. The molecule has 1 aliphatic rings. The highest BCUT2D eigenvalue weighted by Gasteiger charge is 2.29. The van der Waals surface area contributed by atoms with Gasteiger partial charge in [0.25, 0.3) is 0 Å². The molecule has 0 radical (unpaired) electrons. The summed E-state index contributed by atoms with van der Waals surface area (Å²) in [5.74, 6) is 0. The van der Waals surface area contributed by atoms with Crippen molar-refractivity contribution in [3.8, 4) is 0 Å². The van der Waals surface area contributed by atoms with Crippen LogP contribution in [0.5, 0.6) is 0 Å². The summed E-state index contributed by atoms with van der Waals surface area (Å²) in [6.45, 7) is 3.64.